The quantitative estimate of drug-likeness (QED) is 0.351. The summed E-state index contributed by atoms with van der Waals surface area (Å²) in [6.45, 7) is 1.60. The van der Waals surface area contributed by atoms with E-state index in [1.54, 1.807) is 12.4 Å². The van der Waals surface area contributed by atoms with E-state index in [0.29, 0.717) is 30.8 Å². The van der Waals surface area contributed by atoms with Gasteiger partial charge in [0.25, 0.3) is 5.91 Å². The van der Waals surface area contributed by atoms with Gasteiger partial charge in [0, 0.05) is 36.8 Å². The molecule has 0 saturated carbocycles. The van der Waals surface area contributed by atoms with Crippen LogP contribution in [0.5, 0.6) is 0 Å². The number of rotatable bonds is 8. The van der Waals surface area contributed by atoms with Crippen LogP contribution in [-0.4, -0.2) is 45.1 Å². The van der Waals surface area contributed by atoms with Gasteiger partial charge in [0.05, 0.1) is 5.01 Å². The third kappa shape index (κ3) is 6.09. The van der Waals surface area contributed by atoms with Gasteiger partial charge in [-0.3, -0.25) is 14.3 Å². The number of carbonyl (C=O) groups excluding carboxylic acids is 2. The molecule has 11 heteroatoms. The van der Waals surface area contributed by atoms with Gasteiger partial charge >= 0.3 is 6.18 Å². The fourth-order valence-electron chi connectivity index (χ4n) is 3.64. The number of likely N-dealkylation sites (N-methyl/N-ethyl adjacent to an activating group) is 1. The second-order valence-electron chi connectivity index (χ2n) is 8.39. The van der Waals surface area contributed by atoms with E-state index in [9.17, 15) is 22.8 Å². The molecular formula is C25H24F3N5O2S. The topological polar surface area (TPSA) is 80.1 Å². The fourth-order valence-corrected chi connectivity index (χ4v) is 4.46. The van der Waals surface area contributed by atoms with Crippen LogP contribution in [0.15, 0.2) is 53.9 Å². The summed E-state index contributed by atoms with van der Waals surface area (Å²) in [5.74, 6) is -0.641. The molecule has 0 aliphatic heterocycles. The number of nitrogens with zero attached hydrogens (tertiary/aromatic N) is 4. The minimum atomic E-state index is -4.55. The molecule has 2 amide bonds. The van der Waals surface area contributed by atoms with Crippen molar-refractivity contribution < 1.29 is 22.8 Å². The number of halogens is 3. The number of carbonyl (C=O) groups is 2. The lowest BCUT2D eigenvalue weighted by atomic mass is 10.1. The van der Waals surface area contributed by atoms with E-state index in [0.717, 1.165) is 26.5 Å². The van der Waals surface area contributed by atoms with Crippen LogP contribution in [0, 0.1) is 6.92 Å². The second-order valence-corrected chi connectivity index (χ2v) is 9.33. The lowest BCUT2D eigenvalue weighted by molar-refractivity contribution is -0.142. The zero-order chi connectivity index (χ0) is 25.9. The molecule has 0 atom stereocenters. The van der Waals surface area contributed by atoms with Crippen LogP contribution in [0.25, 0.3) is 10.8 Å². The Morgan fingerprint density at radius 1 is 1.11 bits per heavy atom. The SMILES string of the molecule is Cc1cc(C(F)(F)F)nn1CC(=O)N(C)CCCc1nc(C(=O)Nc2ccc3ccccc3c2)cs1. The number of aryl methyl sites for hydroxylation is 2. The van der Waals surface area contributed by atoms with E-state index in [1.165, 1.54) is 23.2 Å². The highest BCUT2D eigenvalue weighted by atomic mass is 32.1. The number of anilines is 1. The smallest absolute Gasteiger partial charge is 0.344 e. The van der Waals surface area contributed by atoms with E-state index in [1.807, 2.05) is 42.5 Å². The standard InChI is InChI=1S/C25H24F3N5O2S/c1-16-12-21(25(26,27)28)31-33(16)14-23(34)32(2)11-5-8-22-30-20(15-36-22)24(35)29-19-10-9-17-6-3-4-7-18(17)13-19/h3-4,6-7,9-10,12-13,15H,5,8,11,14H2,1-2H3,(H,29,35). The first-order valence-electron chi connectivity index (χ1n) is 11.2. The number of alkyl halides is 3. The predicted molar refractivity (Wildman–Crippen MR) is 132 cm³/mol. The lowest BCUT2D eigenvalue weighted by Gasteiger charge is -2.17. The van der Waals surface area contributed by atoms with Crippen molar-refractivity contribution >= 4 is 39.6 Å². The van der Waals surface area contributed by atoms with Crippen molar-refractivity contribution in [3.05, 3.63) is 76.0 Å². The Bertz CT molecular complexity index is 1400. The molecule has 2 aromatic carbocycles. The van der Waals surface area contributed by atoms with Gasteiger partial charge in [-0.15, -0.1) is 11.3 Å². The number of hydrogen-bond donors (Lipinski definition) is 1. The van der Waals surface area contributed by atoms with Crippen LogP contribution in [-0.2, 0) is 23.9 Å². The summed E-state index contributed by atoms with van der Waals surface area (Å²) in [5, 5.41) is 10.9. The minimum Gasteiger partial charge on any atom is -0.344 e. The van der Waals surface area contributed by atoms with Crippen molar-refractivity contribution in [2.45, 2.75) is 32.5 Å². The third-order valence-electron chi connectivity index (χ3n) is 5.66. The van der Waals surface area contributed by atoms with Crippen LogP contribution < -0.4 is 5.32 Å². The van der Waals surface area contributed by atoms with Gasteiger partial charge in [0.15, 0.2) is 5.69 Å². The normalized spacial score (nSPS) is 11.6. The molecule has 0 saturated heterocycles. The van der Waals surface area contributed by atoms with E-state index < -0.39 is 11.9 Å². The largest absolute Gasteiger partial charge is 0.435 e. The molecule has 1 N–H and O–H groups in total. The van der Waals surface area contributed by atoms with Crippen LogP contribution >= 0.6 is 11.3 Å². The van der Waals surface area contributed by atoms with Gasteiger partial charge in [-0.05, 0) is 42.3 Å². The molecule has 0 aliphatic carbocycles. The fraction of sp³-hybridized carbons (Fsp3) is 0.280. The maximum Gasteiger partial charge on any atom is 0.435 e. The molecule has 0 aliphatic rings. The Balaban J connectivity index is 1.26. The minimum absolute atomic E-state index is 0.265. The van der Waals surface area contributed by atoms with Crippen LogP contribution in [0.1, 0.15) is 33.3 Å². The average Bonchev–Trinajstić information content (AvgIpc) is 3.46. The highest BCUT2D eigenvalue weighted by molar-refractivity contribution is 7.09. The van der Waals surface area contributed by atoms with Crippen molar-refractivity contribution in [3.8, 4) is 0 Å². The summed E-state index contributed by atoms with van der Waals surface area (Å²) in [6, 6.07) is 14.5. The predicted octanol–water partition coefficient (Wildman–Crippen LogP) is 5.16. The van der Waals surface area contributed by atoms with Gasteiger partial charge in [-0.25, -0.2) is 4.98 Å². The number of fused-ring (bicyclic) bond motifs is 1. The third-order valence-corrected chi connectivity index (χ3v) is 6.57. The Morgan fingerprint density at radius 2 is 1.86 bits per heavy atom. The number of benzene rings is 2. The summed E-state index contributed by atoms with van der Waals surface area (Å²) in [4.78, 5) is 30.9. The summed E-state index contributed by atoms with van der Waals surface area (Å²) < 4.78 is 39.5. The zero-order valence-corrected chi connectivity index (χ0v) is 20.5. The molecule has 0 spiro atoms. The first-order chi connectivity index (χ1) is 17.1. The van der Waals surface area contributed by atoms with Gasteiger partial charge in [0.2, 0.25) is 5.91 Å². The number of amides is 2. The molecular weight excluding hydrogens is 491 g/mol. The highest BCUT2D eigenvalue weighted by Crippen LogP contribution is 2.28. The maximum atomic E-state index is 12.8. The van der Waals surface area contributed by atoms with Crippen molar-refractivity contribution in [2.75, 3.05) is 18.9 Å². The average molecular weight is 516 g/mol. The molecule has 0 unspecified atom stereocenters. The van der Waals surface area contributed by atoms with Crippen molar-refractivity contribution in [3.63, 3.8) is 0 Å². The summed E-state index contributed by atoms with van der Waals surface area (Å²) in [5.41, 5.74) is 0.256. The molecule has 2 aromatic heterocycles. The molecule has 36 heavy (non-hydrogen) atoms. The summed E-state index contributed by atoms with van der Waals surface area (Å²) >= 11 is 1.36. The molecule has 7 nitrogen and oxygen atoms in total. The number of nitrogens with one attached hydrogen (secondary N) is 1. The Morgan fingerprint density at radius 3 is 2.58 bits per heavy atom. The van der Waals surface area contributed by atoms with Gasteiger partial charge in [-0.1, -0.05) is 30.3 Å². The molecule has 2 heterocycles. The Hall–Kier alpha value is -3.73. The van der Waals surface area contributed by atoms with Crippen molar-refractivity contribution in [1.29, 1.82) is 0 Å². The lowest BCUT2D eigenvalue weighted by Crippen LogP contribution is -2.32. The molecule has 188 valence electrons. The van der Waals surface area contributed by atoms with Crippen LogP contribution in [0.4, 0.5) is 18.9 Å². The van der Waals surface area contributed by atoms with Crippen molar-refractivity contribution in [1.82, 2.24) is 19.7 Å². The molecule has 0 radical (unpaired) electrons. The van der Waals surface area contributed by atoms with E-state index in [2.05, 4.69) is 15.4 Å². The maximum absolute atomic E-state index is 12.8. The number of aromatic nitrogens is 3. The first-order valence-corrected chi connectivity index (χ1v) is 12.1. The monoisotopic (exact) mass is 515 g/mol. The Labute approximate surface area is 209 Å². The Kier molecular flexibility index (Phi) is 7.39. The summed E-state index contributed by atoms with van der Waals surface area (Å²) in [7, 11) is 1.59. The van der Waals surface area contributed by atoms with E-state index in [4.69, 9.17) is 0 Å². The first kappa shape index (κ1) is 25.4. The number of hydrogen-bond acceptors (Lipinski definition) is 5. The van der Waals surface area contributed by atoms with Gasteiger partial charge in [0.1, 0.15) is 12.2 Å². The van der Waals surface area contributed by atoms with Gasteiger partial charge < -0.3 is 10.2 Å². The second kappa shape index (κ2) is 10.5. The molecule has 4 aromatic rings. The van der Waals surface area contributed by atoms with Crippen LogP contribution in [0.3, 0.4) is 0 Å². The van der Waals surface area contributed by atoms with E-state index >= 15 is 0 Å². The molecule has 0 bridgehead atoms. The molecule has 4 rings (SSSR count). The molecule has 0 fully saturated rings. The van der Waals surface area contributed by atoms with Crippen LogP contribution in [0.2, 0.25) is 0 Å². The zero-order valence-electron chi connectivity index (χ0n) is 19.7. The number of thiazole rings is 1. The van der Waals surface area contributed by atoms with Crippen molar-refractivity contribution in [2.24, 2.45) is 0 Å². The van der Waals surface area contributed by atoms with Gasteiger partial charge in [-0.2, -0.15) is 18.3 Å². The highest BCUT2D eigenvalue weighted by Gasteiger charge is 2.34. The van der Waals surface area contributed by atoms with E-state index in [-0.39, 0.29) is 24.1 Å². The summed E-state index contributed by atoms with van der Waals surface area (Å²) in [6.07, 6.45) is -3.40.